The standard InChI is InChI=1S/C20H23N5O/c26-20(21-10-14-4-2-1-3-5-14)25-16-8-17(25)12-24(11-16)19-9-18(15-6-7-15)22-13-23-19/h1-5,9,13,15-17H,6-8,10-12H2,(H,21,26). The van der Waals surface area contributed by atoms with E-state index in [0.717, 1.165) is 30.9 Å². The lowest BCUT2D eigenvalue weighted by atomic mass is 9.88. The summed E-state index contributed by atoms with van der Waals surface area (Å²) in [6.07, 6.45) is 5.28. The number of nitrogens with zero attached hydrogens (tertiary/aromatic N) is 4. The average Bonchev–Trinajstić information content (AvgIpc) is 3.53. The Morgan fingerprint density at radius 2 is 1.88 bits per heavy atom. The number of fused-ring (bicyclic) bond motifs is 2. The molecular weight excluding hydrogens is 326 g/mol. The van der Waals surface area contributed by atoms with Crippen molar-refractivity contribution in [2.24, 2.45) is 0 Å². The maximum absolute atomic E-state index is 12.6. The van der Waals surface area contributed by atoms with Crippen LogP contribution in [0.25, 0.3) is 0 Å². The van der Waals surface area contributed by atoms with E-state index in [-0.39, 0.29) is 18.1 Å². The summed E-state index contributed by atoms with van der Waals surface area (Å²) in [5, 5.41) is 3.06. The third-order valence-corrected chi connectivity index (χ3v) is 5.71. The predicted molar refractivity (Wildman–Crippen MR) is 98.9 cm³/mol. The molecule has 0 radical (unpaired) electrons. The second-order valence-electron chi connectivity index (χ2n) is 7.58. The lowest BCUT2D eigenvalue weighted by Crippen LogP contribution is -2.71. The topological polar surface area (TPSA) is 61.4 Å². The monoisotopic (exact) mass is 349 g/mol. The molecule has 1 saturated carbocycles. The van der Waals surface area contributed by atoms with Gasteiger partial charge in [-0.1, -0.05) is 30.3 Å². The van der Waals surface area contributed by atoms with Gasteiger partial charge >= 0.3 is 6.03 Å². The summed E-state index contributed by atoms with van der Waals surface area (Å²) < 4.78 is 0. The molecule has 2 unspecified atom stereocenters. The quantitative estimate of drug-likeness (QED) is 0.921. The van der Waals surface area contributed by atoms with Gasteiger partial charge in [-0.2, -0.15) is 0 Å². The van der Waals surface area contributed by atoms with E-state index < -0.39 is 0 Å². The second kappa shape index (κ2) is 6.27. The molecule has 3 saturated heterocycles. The Hall–Kier alpha value is -2.63. The summed E-state index contributed by atoms with van der Waals surface area (Å²) >= 11 is 0. The second-order valence-corrected chi connectivity index (χ2v) is 7.58. The molecule has 0 spiro atoms. The van der Waals surface area contributed by atoms with Crippen LogP contribution < -0.4 is 10.2 Å². The van der Waals surface area contributed by atoms with Gasteiger partial charge in [-0.05, 0) is 24.8 Å². The minimum atomic E-state index is 0.0520. The van der Waals surface area contributed by atoms with Crippen molar-refractivity contribution in [3.63, 3.8) is 0 Å². The van der Waals surface area contributed by atoms with Gasteiger partial charge in [0.25, 0.3) is 0 Å². The molecule has 2 aromatic rings. The first kappa shape index (κ1) is 15.6. The lowest BCUT2D eigenvalue weighted by Gasteiger charge is -2.56. The Bertz CT molecular complexity index is 795. The van der Waals surface area contributed by atoms with Crippen molar-refractivity contribution < 1.29 is 4.79 Å². The van der Waals surface area contributed by atoms with Gasteiger partial charge in [0.1, 0.15) is 12.1 Å². The summed E-state index contributed by atoms with van der Waals surface area (Å²) in [5.74, 6) is 1.65. The van der Waals surface area contributed by atoms with Crippen LogP contribution in [-0.4, -0.2) is 46.1 Å². The fourth-order valence-corrected chi connectivity index (χ4v) is 4.13. The Morgan fingerprint density at radius 1 is 1.12 bits per heavy atom. The molecule has 2 atom stereocenters. The highest BCUT2D eigenvalue weighted by molar-refractivity contribution is 5.76. The van der Waals surface area contributed by atoms with E-state index in [4.69, 9.17) is 0 Å². The minimum absolute atomic E-state index is 0.0520. The molecule has 6 nitrogen and oxygen atoms in total. The highest BCUT2D eigenvalue weighted by atomic mass is 16.2. The maximum Gasteiger partial charge on any atom is 0.318 e. The molecule has 2 bridgehead atoms. The molecule has 26 heavy (non-hydrogen) atoms. The van der Waals surface area contributed by atoms with E-state index in [1.807, 2.05) is 35.2 Å². The SMILES string of the molecule is O=C(NCc1ccccc1)N1C2CC1CN(c1cc(C3CC3)ncn1)C2. The van der Waals surface area contributed by atoms with E-state index >= 15 is 0 Å². The number of hydrogen-bond acceptors (Lipinski definition) is 4. The van der Waals surface area contributed by atoms with E-state index in [0.29, 0.717) is 12.5 Å². The molecule has 4 aliphatic rings. The summed E-state index contributed by atoms with van der Waals surface area (Å²) in [6.45, 7) is 2.29. The number of nitrogens with one attached hydrogen (secondary N) is 1. The van der Waals surface area contributed by atoms with Crippen LogP contribution >= 0.6 is 0 Å². The van der Waals surface area contributed by atoms with Gasteiger partial charge in [0.05, 0.1) is 12.1 Å². The normalized spacial score (nSPS) is 24.2. The third-order valence-electron chi connectivity index (χ3n) is 5.71. The number of carbonyl (C=O) groups is 1. The molecule has 6 heteroatoms. The number of amides is 2. The minimum Gasteiger partial charge on any atom is -0.352 e. The first-order valence-electron chi connectivity index (χ1n) is 9.45. The van der Waals surface area contributed by atoms with E-state index in [1.54, 1.807) is 6.33 Å². The first-order chi connectivity index (χ1) is 12.8. The summed E-state index contributed by atoms with van der Waals surface area (Å²) in [5.41, 5.74) is 2.30. The van der Waals surface area contributed by atoms with Crippen LogP contribution in [0.1, 0.15) is 36.4 Å². The molecule has 1 aromatic carbocycles. The van der Waals surface area contributed by atoms with Gasteiger partial charge in [0.15, 0.2) is 0 Å². The summed E-state index contributed by atoms with van der Waals surface area (Å²) in [4.78, 5) is 25.8. The Balaban J connectivity index is 1.20. The average molecular weight is 349 g/mol. The number of urea groups is 1. The van der Waals surface area contributed by atoms with Gasteiger partial charge in [0.2, 0.25) is 0 Å². The number of benzene rings is 1. The summed E-state index contributed by atoms with van der Waals surface area (Å²) in [6, 6.07) is 12.8. The Morgan fingerprint density at radius 3 is 2.62 bits per heavy atom. The van der Waals surface area contributed by atoms with Crippen LogP contribution in [0.3, 0.4) is 0 Å². The smallest absolute Gasteiger partial charge is 0.318 e. The third kappa shape index (κ3) is 2.89. The highest BCUT2D eigenvalue weighted by Gasteiger charge is 2.47. The molecule has 1 N–H and O–H groups in total. The van der Waals surface area contributed by atoms with Crippen LogP contribution in [0.4, 0.5) is 10.6 Å². The summed E-state index contributed by atoms with van der Waals surface area (Å²) in [7, 11) is 0. The maximum atomic E-state index is 12.6. The van der Waals surface area contributed by atoms with Crippen LogP contribution in [-0.2, 0) is 6.54 Å². The van der Waals surface area contributed by atoms with Crippen molar-refractivity contribution in [1.82, 2.24) is 20.2 Å². The van der Waals surface area contributed by atoms with Crippen molar-refractivity contribution in [3.05, 3.63) is 54.0 Å². The van der Waals surface area contributed by atoms with Crippen LogP contribution in [0.2, 0.25) is 0 Å². The van der Waals surface area contributed by atoms with Crippen molar-refractivity contribution in [3.8, 4) is 0 Å². The van der Waals surface area contributed by atoms with Crippen LogP contribution in [0, 0.1) is 0 Å². The Labute approximate surface area is 153 Å². The van der Waals surface area contributed by atoms with Gasteiger partial charge in [-0.3, -0.25) is 0 Å². The van der Waals surface area contributed by atoms with Gasteiger partial charge in [0, 0.05) is 37.3 Å². The number of hydrogen-bond donors (Lipinski definition) is 1. The molecular formula is C20H23N5O. The molecule has 1 aliphatic carbocycles. The molecule has 4 fully saturated rings. The van der Waals surface area contributed by atoms with Crippen LogP contribution in [0.5, 0.6) is 0 Å². The van der Waals surface area contributed by atoms with E-state index in [9.17, 15) is 4.79 Å². The van der Waals surface area contributed by atoms with Crippen LogP contribution in [0.15, 0.2) is 42.7 Å². The number of rotatable bonds is 4. The Kier molecular flexibility index (Phi) is 3.76. The van der Waals surface area contributed by atoms with Crippen molar-refractivity contribution >= 4 is 11.8 Å². The van der Waals surface area contributed by atoms with Gasteiger partial charge in [-0.25, -0.2) is 14.8 Å². The van der Waals surface area contributed by atoms with Gasteiger partial charge in [-0.15, -0.1) is 0 Å². The molecule has 6 rings (SSSR count). The van der Waals surface area contributed by atoms with E-state index in [2.05, 4.69) is 26.3 Å². The molecule has 4 heterocycles. The largest absolute Gasteiger partial charge is 0.352 e. The predicted octanol–water partition coefficient (Wildman–Crippen LogP) is 2.53. The van der Waals surface area contributed by atoms with Gasteiger partial charge < -0.3 is 15.1 Å². The lowest BCUT2D eigenvalue weighted by molar-refractivity contribution is 0.0365. The molecule has 3 aliphatic heterocycles. The zero-order valence-corrected chi connectivity index (χ0v) is 14.7. The number of piperazine rings is 1. The zero-order chi connectivity index (χ0) is 17.5. The van der Waals surface area contributed by atoms with Crippen molar-refractivity contribution in [1.29, 1.82) is 0 Å². The molecule has 1 aromatic heterocycles. The van der Waals surface area contributed by atoms with E-state index in [1.165, 1.54) is 18.5 Å². The number of carbonyl (C=O) groups excluding carboxylic acids is 1. The fraction of sp³-hybridized carbons (Fsp3) is 0.450. The highest BCUT2D eigenvalue weighted by Crippen LogP contribution is 2.40. The number of aromatic nitrogens is 2. The molecule has 2 amide bonds. The molecule has 134 valence electrons. The first-order valence-corrected chi connectivity index (χ1v) is 9.45. The number of anilines is 1. The van der Waals surface area contributed by atoms with Crippen molar-refractivity contribution in [2.45, 2.75) is 43.8 Å². The van der Waals surface area contributed by atoms with Crippen molar-refractivity contribution in [2.75, 3.05) is 18.0 Å². The zero-order valence-electron chi connectivity index (χ0n) is 14.7. The number of piperidine rings is 1. The fourth-order valence-electron chi connectivity index (χ4n) is 4.13.